The zero-order valence-corrected chi connectivity index (χ0v) is 11.3. The van der Waals surface area contributed by atoms with Gasteiger partial charge in [0.2, 0.25) is 0 Å². The molecule has 0 unspecified atom stereocenters. The highest BCUT2D eigenvalue weighted by Crippen LogP contribution is 2.13. The summed E-state index contributed by atoms with van der Waals surface area (Å²) in [6.07, 6.45) is 9.76. The summed E-state index contributed by atoms with van der Waals surface area (Å²) in [5.74, 6) is 0. The van der Waals surface area contributed by atoms with Gasteiger partial charge in [0.1, 0.15) is 0 Å². The van der Waals surface area contributed by atoms with Crippen molar-refractivity contribution in [3.8, 4) is 0 Å². The van der Waals surface area contributed by atoms with Gasteiger partial charge in [-0.2, -0.15) is 0 Å². The Morgan fingerprint density at radius 2 is 1.29 bits per heavy atom. The van der Waals surface area contributed by atoms with Crippen LogP contribution in [0.4, 0.5) is 0 Å². The number of aryl methyl sites for hydroxylation is 1. The van der Waals surface area contributed by atoms with Gasteiger partial charge in [-0.3, -0.25) is 0 Å². The van der Waals surface area contributed by atoms with Gasteiger partial charge >= 0.3 is 0 Å². The van der Waals surface area contributed by atoms with Crippen molar-refractivity contribution in [2.75, 3.05) is 6.61 Å². The number of hydrogen-bond donors (Lipinski definition) is 1. The van der Waals surface area contributed by atoms with Crippen LogP contribution >= 0.6 is 11.6 Å². The molecule has 0 atom stereocenters. The SMILES string of the molecule is OCCCCCCCCCc1ccc(Cl)cc1. The molecule has 0 spiro atoms. The van der Waals surface area contributed by atoms with Crippen LogP contribution in [-0.2, 0) is 6.42 Å². The summed E-state index contributed by atoms with van der Waals surface area (Å²) >= 11 is 5.84. The maximum absolute atomic E-state index is 8.64. The van der Waals surface area contributed by atoms with Gasteiger partial charge in [0, 0.05) is 11.6 Å². The summed E-state index contributed by atoms with van der Waals surface area (Å²) in [7, 11) is 0. The number of benzene rings is 1. The van der Waals surface area contributed by atoms with E-state index in [2.05, 4.69) is 12.1 Å². The molecule has 1 N–H and O–H groups in total. The van der Waals surface area contributed by atoms with Gasteiger partial charge in [-0.15, -0.1) is 0 Å². The summed E-state index contributed by atoms with van der Waals surface area (Å²) in [6.45, 7) is 0.344. The smallest absolute Gasteiger partial charge is 0.0431 e. The standard InChI is InChI=1S/C15H23ClO/c16-15-11-9-14(10-12-15)8-6-4-2-1-3-5-7-13-17/h9-12,17H,1-8,13H2. The monoisotopic (exact) mass is 254 g/mol. The lowest BCUT2D eigenvalue weighted by molar-refractivity contribution is 0.282. The van der Waals surface area contributed by atoms with Crippen molar-refractivity contribution >= 4 is 11.6 Å². The van der Waals surface area contributed by atoms with Crippen LogP contribution in [0, 0.1) is 0 Å². The van der Waals surface area contributed by atoms with Gasteiger partial charge < -0.3 is 5.11 Å². The first-order chi connectivity index (χ1) is 8.33. The molecular formula is C15H23ClO. The van der Waals surface area contributed by atoms with E-state index in [0.717, 1.165) is 17.9 Å². The molecule has 0 aliphatic carbocycles. The van der Waals surface area contributed by atoms with Gasteiger partial charge in [-0.1, -0.05) is 55.8 Å². The Kier molecular flexibility index (Phi) is 8.12. The van der Waals surface area contributed by atoms with Crippen molar-refractivity contribution < 1.29 is 5.11 Å². The predicted molar refractivity (Wildman–Crippen MR) is 74.6 cm³/mol. The Labute approximate surface area is 110 Å². The first-order valence-corrected chi connectivity index (χ1v) is 7.06. The third kappa shape index (κ3) is 7.40. The lowest BCUT2D eigenvalue weighted by Gasteiger charge is -2.02. The Morgan fingerprint density at radius 3 is 1.88 bits per heavy atom. The van der Waals surface area contributed by atoms with E-state index in [9.17, 15) is 0 Å². The minimum absolute atomic E-state index is 0.344. The molecule has 0 aromatic heterocycles. The number of hydrogen-bond acceptors (Lipinski definition) is 1. The van der Waals surface area contributed by atoms with Crippen molar-refractivity contribution in [3.05, 3.63) is 34.9 Å². The van der Waals surface area contributed by atoms with Crippen LogP contribution in [0.1, 0.15) is 50.5 Å². The Hall–Kier alpha value is -0.530. The average molecular weight is 255 g/mol. The lowest BCUT2D eigenvalue weighted by Crippen LogP contribution is -1.87. The molecular weight excluding hydrogens is 232 g/mol. The Morgan fingerprint density at radius 1 is 0.765 bits per heavy atom. The summed E-state index contributed by atoms with van der Waals surface area (Å²) in [5.41, 5.74) is 1.38. The molecule has 1 aromatic carbocycles. The molecule has 1 nitrogen and oxygen atoms in total. The maximum atomic E-state index is 8.64. The topological polar surface area (TPSA) is 20.2 Å². The molecule has 0 saturated heterocycles. The zero-order valence-electron chi connectivity index (χ0n) is 10.5. The first-order valence-electron chi connectivity index (χ1n) is 6.68. The second-order valence-electron chi connectivity index (χ2n) is 4.57. The lowest BCUT2D eigenvalue weighted by atomic mass is 10.0. The van der Waals surface area contributed by atoms with E-state index < -0.39 is 0 Å². The molecule has 0 aliphatic rings. The highest BCUT2D eigenvalue weighted by Gasteiger charge is 1.95. The molecule has 0 aliphatic heterocycles. The Bertz CT molecular complexity index is 281. The molecule has 1 rings (SSSR count). The zero-order chi connectivity index (χ0) is 12.3. The molecule has 2 heteroatoms. The summed E-state index contributed by atoms with van der Waals surface area (Å²) in [6, 6.07) is 8.16. The van der Waals surface area contributed by atoms with Gasteiger partial charge in [0.25, 0.3) is 0 Å². The van der Waals surface area contributed by atoms with Crippen LogP contribution < -0.4 is 0 Å². The maximum Gasteiger partial charge on any atom is 0.0431 e. The Balaban J connectivity index is 1.95. The average Bonchev–Trinajstić information content (AvgIpc) is 2.35. The normalized spacial score (nSPS) is 10.7. The van der Waals surface area contributed by atoms with E-state index in [1.54, 1.807) is 0 Å². The molecule has 0 saturated carbocycles. The molecule has 0 heterocycles. The van der Waals surface area contributed by atoms with E-state index in [1.807, 2.05) is 12.1 Å². The fraction of sp³-hybridized carbons (Fsp3) is 0.600. The van der Waals surface area contributed by atoms with E-state index in [-0.39, 0.29) is 0 Å². The molecule has 96 valence electrons. The van der Waals surface area contributed by atoms with Crippen LogP contribution in [-0.4, -0.2) is 11.7 Å². The minimum Gasteiger partial charge on any atom is -0.396 e. The minimum atomic E-state index is 0.344. The number of halogens is 1. The van der Waals surface area contributed by atoms with Crippen LogP contribution in [0.2, 0.25) is 5.02 Å². The third-order valence-corrected chi connectivity index (χ3v) is 3.29. The van der Waals surface area contributed by atoms with Crippen molar-refractivity contribution in [3.63, 3.8) is 0 Å². The highest BCUT2D eigenvalue weighted by molar-refractivity contribution is 6.30. The summed E-state index contributed by atoms with van der Waals surface area (Å²) < 4.78 is 0. The van der Waals surface area contributed by atoms with E-state index in [0.29, 0.717) is 6.61 Å². The largest absolute Gasteiger partial charge is 0.396 e. The molecule has 0 bridgehead atoms. The highest BCUT2D eigenvalue weighted by atomic mass is 35.5. The molecule has 1 aromatic rings. The first kappa shape index (κ1) is 14.5. The van der Waals surface area contributed by atoms with Gasteiger partial charge in [0.15, 0.2) is 0 Å². The van der Waals surface area contributed by atoms with E-state index >= 15 is 0 Å². The molecule has 0 fully saturated rings. The van der Waals surface area contributed by atoms with Crippen LogP contribution in [0.3, 0.4) is 0 Å². The fourth-order valence-electron chi connectivity index (χ4n) is 1.98. The van der Waals surface area contributed by atoms with Gasteiger partial charge in [0.05, 0.1) is 0 Å². The summed E-state index contributed by atoms with van der Waals surface area (Å²) in [4.78, 5) is 0. The van der Waals surface area contributed by atoms with Crippen LogP contribution in [0.5, 0.6) is 0 Å². The van der Waals surface area contributed by atoms with E-state index in [1.165, 1.54) is 44.1 Å². The van der Waals surface area contributed by atoms with Crippen LogP contribution in [0.25, 0.3) is 0 Å². The third-order valence-electron chi connectivity index (χ3n) is 3.04. The molecule has 0 radical (unpaired) electrons. The number of aliphatic hydroxyl groups is 1. The second kappa shape index (κ2) is 9.49. The van der Waals surface area contributed by atoms with Crippen molar-refractivity contribution in [2.45, 2.75) is 51.4 Å². The van der Waals surface area contributed by atoms with Gasteiger partial charge in [-0.25, -0.2) is 0 Å². The number of unbranched alkanes of at least 4 members (excludes halogenated alkanes) is 6. The summed E-state index contributed by atoms with van der Waals surface area (Å²) in [5, 5.41) is 9.46. The van der Waals surface area contributed by atoms with Crippen molar-refractivity contribution in [1.29, 1.82) is 0 Å². The number of aliphatic hydroxyl groups excluding tert-OH is 1. The number of rotatable bonds is 9. The van der Waals surface area contributed by atoms with Crippen molar-refractivity contribution in [2.24, 2.45) is 0 Å². The van der Waals surface area contributed by atoms with Crippen molar-refractivity contribution in [1.82, 2.24) is 0 Å². The fourth-order valence-corrected chi connectivity index (χ4v) is 2.10. The second-order valence-corrected chi connectivity index (χ2v) is 5.01. The quantitative estimate of drug-likeness (QED) is 0.639. The predicted octanol–water partition coefficient (Wildman–Crippen LogP) is 4.61. The molecule has 17 heavy (non-hydrogen) atoms. The molecule has 0 amide bonds. The van der Waals surface area contributed by atoms with Crippen LogP contribution in [0.15, 0.2) is 24.3 Å². The van der Waals surface area contributed by atoms with Gasteiger partial charge in [-0.05, 0) is 37.0 Å². The van der Waals surface area contributed by atoms with E-state index in [4.69, 9.17) is 16.7 Å².